The van der Waals surface area contributed by atoms with Gasteiger partial charge in [-0.1, -0.05) is 12.1 Å². The molecule has 1 amide bonds. The summed E-state index contributed by atoms with van der Waals surface area (Å²) in [6, 6.07) is 13.7. The van der Waals surface area contributed by atoms with Gasteiger partial charge in [0.1, 0.15) is 17.1 Å². The van der Waals surface area contributed by atoms with Crippen molar-refractivity contribution in [3.63, 3.8) is 0 Å². The zero-order chi connectivity index (χ0) is 22.5. The van der Waals surface area contributed by atoms with Crippen LogP contribution in [0.4, 0.5) is 4.39 Å². The highest BCUT2D eigenvalue weighted by molar-refractivity contribution is 6.00. The quantitative estimate of drug-likeness (QED) is 0.379. The molecule has 4 aromatic rings. The van der Waals surface area contributed by atoms with E-state index in [-0.39, 0.29) is 11.7 Å². The van der Waals surface area contributed by atoms with Gasteiger partial charge in [0.25, 0.3) is 0 Å². The standard InChI is InChI=1S/C26H23FN2O3/c1-3-31-24-14-25-22(23(16-32-25)19-4-6-20(27)7-5-19)13-21(24)17(2)12-26(30)29-15-18-8-10-28-11-9-18/h4-14,16H,3,15H2,1-2H3,(H,29,30)/b17-12+. The Morgan fingerprint density at radius 2 is 1.91 bits per heavy atom. The smallest absolute Gasteiger partial charge is 0.244 e. The molecular formula is C26H23FN2O3. The first kappa shape index (κ1) is 21.3. The van der Waals surface area contributed by atoms with Crippen molar-refractivity contribution in [1.29, 1.82) is 0 Å². The number of ether oxygens (including phenoxy) is 1. The lowest BCUT2D eigenvalue weighted by molar-refractivity contribution is -0.116. The van der Waals surface area contributed by atoms with Gasteiger partial charge >= 0.3 is 0 Å². The van der Waals surface area contributed by atoms with Crippen LogP contribution in [0.2, 0.25) is 0 Å². The number of pyridine rings is 1. The van der Waals surface area contributed by atoms with Crippen molar-refractivity contribution in [2.75, 3.05) is 6.61 Å². The highest BCUT2D eigenvalue weighted by Gasteiger charge is 2.15. The topological polar surface area (TPSA) is 64.4 Å². The maximum Gasteiger partial charge on any atom is 0.244 e. The van der Waals surface area contributed by atoms with Gasteiger partial charge in [0.2, 0.25) is 5.91 Å². The van der Waals surface area contributed by atoms with Crippen molar-refractivity contribution >= 4 is 22.4 Å². The molecule has 1 N–H and O–H groups in total. The van der Waals surface area contributed by atoms with Crippen LogP contribution < -0.4 is 10.1 Å². The van der Waals surface area contributed by atoms with Gasteiger partial charge in [-0.15, -0.1) is 0 Å². The Morgan fingerprint density at radius 1 is 1.16 bits per heavy atom. The normalized spacial score (nSPS) is 11.5. The number of carbonyl (C=O) groups is 1. The molecule has 0 aliphatic heterocycles. The summed E-state index contributed by atoms with van der Waals surface area (Å²) >= 11 is 0. The highest BCUT2D eigenvalue weighted by atomic mass is 19.1. The van der Waals surface area contributed by atoms with Crippen LogP contribution in [0.15, 0.2) is 77.7 Å². The number of rotatable bonds is 7. The van der Waals surface area contributed by atoms with Crippen molar-refractivity contribution in [1.82, 2.24) is 10.3 Å². The fraction of sp³-hybridized carbons (Fsp3) is 0.154. The average molecular weight is 430 g/mol. The van der Waals surface area contributed by atoms with Crippen molar-refractivity contribution in [3.05, 3.63) is 90.2 Å². The number of nitrogens with one attached hydrogen (secondary N) is 1. The Morgan fingerprint density at radius 3 is 2.62 bits per heavy atom. The number of aromatic nitrogens is 1. The van der Waals surface area contributed by atoms with Gasteiger partial charge < -0.3 is 14.5 Å². The van der Waals surface area contributed by atoms with Crippen molar-refractivity contribution in [2.24, 2.45) is 0 Å². The minimum absolute atomic E-state index is 0.201. The van der Waals surface area contributed by atoms with Gasteiger partial charge in [-0.05, 0) is 60.9 Å². The van der Waals surface area contributed by atoms with Crippen molar-refractivity contribution < 1.29 is 18.3 Å². The van der Waals surface area contributed by atoms with Gasteiger partial charge in [-0.2, -0.15) is 0 Å². The van der Waals surface area contributed by atoms with E-state index in [4.69, 9.17) is 9.15 Å². The number of carbonyl (C=O) groups excluding carboxylic acids is 1. The lowest BCUT2D eigenvalue weighted by Crippen LogP contribution is -2.20. The second-order valence-corrected chi connectivity index (χ2v) is 7.33. The van der Waals surface area contributed by atoms with E-state index >= 15 is 0 Å². The molecule has 0 saturated heterocycles. The zero-order valence-electron chi connectivity index (χ0n) is 17.9. The average Bonchev–Trinajstić information content (AvgIpc) is 3.21. The second-order valence-electron chi connectivity index (χ2n) is 7.33. The molecule has 2 heterocycles. The van der Waals surface area contributed by atoms with Crippen LogP contribution in [-0.4, -0.2) is 17.5 Å². The number of furan rings is 1. The summed E-state index contributed by atoms with van der Waals surface area (Å²) in [7, 11) is 0. The van der Waals surface area contributed by atoms with E-state index in [9.17, 15) is 9.18 Å². The molecule has 4 rings (SSSR count). The minimum Gasteiger partial charge on any atom is -0.493 e. The van der Waals surface area contributed by atoms with E-state index in [0.29, 0.717) is 24.5 Å². The molecule has 2 aromatic carbocycles. The number of amides is 1. The summed E-state index contributed by atoms with van der Waals surface area (Å²) in [4.78, 5) is 16.5. The van der Waals surface area contributed by atoms with Gasteiger partial charge in [0.15, 0.2) is 0 Å². The largest absolute Gasteiger partial charge is 0.493 e. The van der Waals surface area contributed by atoms with Gasteiger partial charge in [0.05, 0.1) is 12.9 Å². The molecule has 0 fully saturated rings. The van der Waals surface area contributed by atoms with E-state index < -0.39 is 0 Å². The number of hydrogen-bond donors (Lipinski definition) is 1. The molecule has 162 valence electrons. The van der Waals surface area contributed by atoms with E-state index in [1.54, 1.807) is 36.9 Å². The summed E-state index contributed by atoms with van der Waals surface area (Å²) in [5, 5.41) is 3.75. The SMILES string of the molecule is CCOc1cc2occ(-c3ccc(F)cc3)c2cc1/C(C)=C/C(=O)NCc1ccncc1. The fourth-order valence-corrected chi connectivity index (χ4v) is 3.51. The van der Waals surface area contributed by atoms with E-state index in [1.807, 2.05) is 38.1 Å². The summed E-state index contributed by atoms with van der Waals surface area (Å²) in [6.45, 7) is 4.67. The molecule has 0 aliphatic rings. The minimum atomic E-state index is -0.294. The molecule has 0 unspecified atom stereocenters. The predicted octanol–water partition coefficient (Wildman–Crippen LogP) is 5.75. The Labute approximate surface area is 185 Å². The predicted molar refractivity (Wildman–Crippen MR) is 123 cm³/mol. The maximum absolute atomic E-state index is 13.4. The number of fused-ring (bicyclic) bond motifs is 1. The lowest BCUT2D eigenvalue weighted by atomic mass is 9.99. The van der Waals surface area contributed by atoms with Crippen LogP contribution in [0.3, 0.4) is 0 Å². The van der Waals surface area contributed by atoms with Gasteiger partial charge in [-0.3, -0.25) is 9.78 Å². The molecule has 2 aromatic heterocycles. The lowest BCUT2D eigenvalue weighted by Gasteiger charge is -2.12. The van der Waals surface area contributed by atoms with Crippen LogP contribution in [-0.2, 0) is 11.3 Å². The van der Waals surface area contributed by atoms with Crippen LogP contribution in [0.25, 0.3) is 27.7 Å². The summed E-state index contributed by atoms with van der Waals surface area (Å²) < 4.78 is 24.9. The molecule has 0 saturated carbocycles. The van der Waals surface area contributed by atoms with E-state index in [1.165, 1.54) is 12.1 Å². The molecule has 0 bridgehead atoms. The number of hydrogen-bond acceptors (Lipinski definition) is 4. The molecule has 6 heteroatoms. The summed E-state index contributed by atoms with van der Waals surface area (Å²) in [5.41, 5.74) is 4.87. The first-order valence-corrected chi connectivity index (χ1v) is 10.3. The molecule has 0 aliphatic carbocycles. The second kappa shape index (κ2) is 9.47. The first-order chi connectivity index (χ1) is 15.5. The van der Waals surface area contributed by atoms with Crippen molar-refractivity contribution in [2.45, 2.75) is 20.4 Å². The van der Waals surface area contributed by atoms with Crippen LogP contribution in [0, 0.1) is 5.82 Å². The van der Waals surface area contributed by atoms with E-state index in [0.717, 1.165) is 33.2 Å². The number of halogens is 1. The molecule has 32 heavy (non-hydrogen) atoms. The van der Waals surface area contributed by atoms with Crippen LogP contribution in [0.1, 0.15) is 25.0 Å². The summed E-state index contributed by atoms with van der Waals surface area (Å²) in [5.74, 6) is 0.140. The van der Waals surface area contributed by atoms with E-state index in [2.05, 4.69) is 10.3 Å². The number of nitrogens with zero attached hydrogens (tertiary/aromatic N) is 1. The molecule has 0 radical (unpaired) electrons. The summed E-state index contributed by atoms with van der Waals surface area (Å²) in [6.07, 6.45) is 6.59. The Balaban J connectivity index is 1.66. The van der Waals surface area contributed by atoms with Crippen LogP contribution >= 0.6 is 0 Å². The van der Waals surface area contributed by atoms with Gasteiger partial charge in [-0.25, -0.2) is 4.39 Å². The molecule has 0 spiro atoms. The Hall–Kier alpha value is -3.93. The zero-order valence-corrected chi connectivity index (χ0v) is 17.9. The first-order valence-electron chi connectivity index (χ1n) is 10.3. The monoisotopic (exact) mass is 430 g/mol. The molecular weight excluding hydrogens is 407 g/mol. The molecule has 0 atom stereocenters. The third-order valence-corrected chi connectivity index (χ3v) is 5.12. The number of benzene rings is 2. The fourth-order valence-electron chi connectivity index (χ4n) is 3.51. The van der Waals surface area contributed by atoms with Crippen molar-refractivity contribution in [3.8, 4) is 16.9 Å². The Kier molecular flexibility index (Phi) is 6.31. The third kappa shape index (κ3) is 4.70. The maximum atomic E-state index is 13.4. The third-order valence-electron chi connectivity index (χ3n) is 5.12. The number of allylic oxidation sites excluding steroid dienone is 1. The molecule has 5 nitrogen and oxygen atoms in total. The van der Waals surface area contributed by atoms with Gasteiger partial charge in [0, 0.05) is 47.6 Å². The Bertz CT molecular complexity index is 1260. The van der Waals surface area contributed by atoms with Crippen LogP contribution in [0.5, 0.6) is 5.75 Å². The highest BCUT2D eigenvalue weighted by Crippen LogP contribution is 2.37.